The summed E-state index contributed by atoms with van der Waals surface area (Å²) in [4.78, 5) is 15.8. The summed E-state index contributed by atoms with van der Waals surface area (Å²) in [6.45, 7) is 0.788. The number of nitrogens with one attached hydrogen (secondary N) is 1. The molecule has 0 aliphatic carbocycles. The zero-order chi connectivity index (χ0) is 11.4. The normalized spacial score (nSPS) is 24.3. The monoisotopic (exact) mass is 222 g/mol. The van der Waals surface area contributed by atoms with Crippen molar-refractivity contribution in [1.29, 1.82) is 0 Å². The highest BCUT2D eigenvalue weighted by Gasteiger charge is 2.36. The molecule has 1 aliphatic rings. The zero-order valence-corrected chi connectivity index (χ0v) is 8.85. The van der Waals surface area contributed by atoms with Crippen LogP contribution in [0.25, 0.3) is 0 Å². The van der Waals surface area contributed by atoms with E-state index in [0.29, 0.717) is 25.3 Å². The van der Waals surface area contributed by atoms with Crippen molar-refractivity contribution < 1.29 is 14.6 Å². The van der Waals surface area contributed by atoms with E-state index in [0.717, 1.165) is 0 Å². The Kier molecular flexibility index (Phi) is 3.17. The minimum atomic E-state index is -0.644. The van der Waals surface area contributed by atoms with E-state index in [-0.39, 0.29) is 12.5 Å². The minimum absolute atomic E-state index is 0.119. The van der Waals surface area contributed by atoms with E-state index >= 15 is 0 Å². The average Bonchev–Trinajstić information content (AvgIpc) is 2.79. The van der Waals surface area contributed by atoms with Crippen LogP contribution < -0.4 is 5.32 Å². The molecule has 5 heteroatoms. The molecule has 2 N–H and O–H groups in total. The Labute approximate surface area is 93.5 Å². The van der Waals surface area contributed by atoms with Gasteiger partial charge in [-0.15, -0.1) is 0 Å². The van der Waals surface area contributed by atoms with Gasteiger partial charge in [-0.25, -0.2) is 0 Å². The van der Waals surface area contributed by atoms with Crippen molar-refractivity contribution in [2.75, 3.05) is 19.8 Å². The molecule has 5 nitrogen and oxygen atoms in total. The van der Waals surface area contributed by atoms with Crippen LogP contribution in [0.1, 0.15) is 16.9 Å². The van der Waals surface area contributed by atoms with Gasteiger partial charge < -0.3 is 15.2 Å². The first-order valence-electron chi connectivity index (χ1n) is 5.18. The SMILES string of the molecule is O=C(N[C@@]1(CO)CCOC1)c1ccccn1. The summed E-state index contributed by atoms with van der Waals surface area (Å²) < 4.78 is 5.19. The first kappa shape index (κ1) is 11.0. The Morgan fingerprint density at radius 3 is 3.06 bits per heavy atom. The van der Waals surface area contributed by atoms with Crippen molar-refractivity contribution in [3.05, 3.63) is 30.1 Å². The van der Waals surface area contributed by atoms with E-state index in [1.54, 1.807) is 24.4 Å². The first-order chi connectivity index (χ1) is 7.76. The second kappa shape index (κ2) is 4.59. The average molecular weight is 222 g/mol. The molecule has 0 spiro atoms. The Morgan fingerprint density at radius 2 is 2.50 bits per heavy atom. The van der Waals surface area contributed by atoms with Gasteiger partial charge >= 0.3 is 0 Å². The lowest BCUT2D eigenvalue weighted by molar-refractivity contribution is 0.0785. The highest BCUT2D eigenvalue weighted by atomic mass is 16.5. The predicted octanol–water partition coefficient (Wildman–Crippen LogP) is -0.0372. The summed E-state index contributed by atoms with van der Waals surface area (Å²) in [5.41, 5.74) is -0.295. The lowest BCUT2D eigenvalue weighted by Crippen LogP contribution is -2.52. The molecule has 1 atom stereocenters. The van der Waals surface area contributed by atoms with Crippen LogP contribution in [0.3, 0.4) is 0 Å². The molecule has 0 bridgehead atoms. The molecule has 16 heavy (non-hydrogen) atoms. The van der Waals surface area contributed by atoms with E-state index in [1.807, 2.05) is 0 Å². The van der Waals surface area contributed by atoms with Crippen molar-refractivity contribution >= 4 is 5.91 Å². The number of pyridine rings is 1. The zero-order valence-electron chi connectivity index (χ0n) is 8.85. The molecule has 1 fully saturated rings. The molecule has 0 aromatic carbocycles. The number of aliphatic hydroxyl groups excluding tert-OH is 1. The molecular formula is C11H14N2O3. The van der Waals surface area contributed by atoms with Gasteiger partial charge in [0.25, 0.3) is 5.91 Å². The Hall–Kier alpha value is -1.46. The van der Waals surface area contributed by atoms with Gasteiger partial charge in [0.05, 0.1) is 18.8 Å². The molecule has 0 saturated carbocycles. The fraction of sp³-hybridized carbons (Fsp3) is 0.455. The summed E-state index contributed by atoms with van der Waals surface area (Å²) in [5.74, 6) is -0.278. The molecule has 2 heterocycles. The molecule has 0 unspecified atom stereocenters. The molecule has 1 aromatic heterocycles. The Bertz CT molecular complexity index is 361. The van der Waals surface area contributed by atoms with Crippen molar-refractivity contribution in [1.82, 2.24) is 10.3 Å². The van der Waals surface area contributed by atoms with Crippen LogP contribution in [-0.2, 0) is 4.74 Å². The van der Waals surface area contributed by atoms with Crippen LogP contribution in [0.4, 0.5) is 0 Å². The molecule has 1 amide bonds. The number of aromatic nitrogens is 1. The summed E-state index contributed by atoms with van der Waals surface area (Å²) in [6, 6.07) is 5.13. The van der Waals surface area contributed by atoms with Crippen LogP contribution in [-0.4, -0.2) is 41.4 Å². The molecule has 86 valence electrons. The lowest BCUT2D eigenvalue weighted by Gasteiger charge is -2.25. The van der Waals surface area contributed by atoms with Crippen molar-refractivity contribution in [3.63, 3.8) is 0 Å². The van der Waals surface area contributed by atoms with Gasteiger partial charge in [-0.2, -0.15) is 0 Å². The fourth-order valence-electron chi connectivity index (χ4n) is 1.67. The summed E-state index contributed by atoms with van der Waals surface area (Å²) in [6.07, 6.45) is 2.19. The topological polar surface area (TPSA) is 71.5 Å². The third-order valence-corrected chi connectivity index (χ3v) is 2.68. The van der Waals surface area contributed by atoms with Crippen molar-refractivity contribution in [2.45, 2.75) is 12.0 Å². The second-order valence-corrected chi connectivity index (χ2v) is 3.91. The highest BCUT2D eigenvalue weighted by Crippen LogP contribution is 2.18. The highest BCUT2D eigenvalue weighted by molar-refractivity contribution is 5.92. The number of carbonyl (C=O) groups excluding carboxylic acids is 1. The molecular weight excluding hydrogens is 208 g/mol. The van der Waals surface area contributed by atoms with Crippen LogP contribution in [0.5, 0.6) is 0 Å². The smallest absolute Gasteiger partial charge is 0.270 e. The number of hydrogen-bond donors (Lipinski definition) is 2. The van der Waals surface area contributed by atoms with E-state index in [1.165, 1.54) is 0 Å². The molecule has 0 radical (unpaired) electrons. The first-order valence-corrected chi connectivity index (χ1v) is 5.18. The van der Waals surface area contributed by atoms with Gasteiger partial charge in [0.15, 0.2) is 0 Å². The largest absolute Gasteiger partial charge is 0.394 e. The minimum Gasteiger partial charge on any atom is -0.394 e. The van der Waals surface area contributed by atoms with Crippen LogP contribution in [0.15, 0.2) is 24.4 Å². The van der Waals surface area contributed by atoms with E-state index in [9.17, 15) is 9.90 Å². The summed E-state index contributed by atoms with van der Waals surface area (Å²) in [5, 5.41) is 12.1. The number of aliphatic hydroxyl groups is 1. The predicted molar refractivity (Wildman–Crippen MR) is 57.0 cm³/mol. The van der Waals surface area contributed by atoms with Gasteiger partial charge in [0.1, 0.15) is 5.69 Å². The maximum atomic E-state index is 11.8. The molecule has 2 rings (SSSR count). The maximum Gasteiger partial charge on any atom is 0.270 e. The Balaban J connectivity index is 2.07. The van der Waals surface area contributed by atoms with E-state index in [4.69, 9.17) is 4.74 Å². The van der Waals surface area contributed by atoms with E-state index in [2.05, 4.69) is 10.3 Å². The van der Waals surface area contributed by atoms with Gasteiger partial charge in [-0.05, 0) is 18.6 Å². The third kappa shape index (κ3) is 2.20. The standard InChI is InChI=1S/C11H14N2O3/c14-7-11(4-6-16-8-11)13-10(15)9-3-1-2-5-12-9/h1-3,5,14H,4,6-8H2,(H,13,15)/t11-/m1/s1. The summed E-state index contributed by atoms with van der Waals surface area (Å²) in [7, 11) is 0. The summed E-state index contributed by atoms with van der Waals surface area (Å²) >= 11 is 0. The number of nitrogens with zero attached hydrogens (tertiary/aromatic N) is 1. The Morgan fingerprint density at radius 1 is 1.62 bits per heavy atom. The number of amides is 1. The lowest BCUT2D eigenvalue weighted by atomic mass is 10.00. The van der Waals surface area contributed by atoms with E-state index < -0.39 is 5.54 Å². The number of rotatable bonds is 3. The van der Waals surface area contributed by atoms with Crippen LogP contribution in [0, 0.1) is 0 Å². The van der Waals surface area contributed by atoms with Crippen molar-refractivity contribution in [2.24, 2.45) is 0 Å². The molecule has 1 saturated heterocycles. The van der Waals surface area contributed by atoms with Gasteiger partial charge in [0, 0.05) is 12.8 Å². The second-order valence-electron chi connectivity index (χ2n) is 3.91. The number of ether oxygens (including phenoxy) is 1. The molecule has 1 aromatic rings. The third-order valence-electron chi connectivity index (χ3n) is 2.68. The van der Waals surface area contributed by atoms with Gasteiger partial charge in [-0.3, -0.25) is 9.78 Å². The molecule has 1 aliphatic heterocycles. The van der Waals surface area contributed by atoms with Crippen LogP contribution in [0.2, 0.25) is 0 Å². The number of carbonyl (C=O) groups is 1. The fourth-order valence-corrected chi connectivity index (χ4v) is 1.67. The maximum absolute atomic E-state index is 11.8. The quantitative estimate of drug-likeness (QED) is 0.753. The van der Waals surface area contributed by atoms with Gasteiger partial charge in [0.2, 0.25) is 0 Å². The van der Waals surface area contributed by atoms with Gasteiger partial charge in [-0.1, -0.05) is 6.07 Å². The van der Waals surface area contributed by atoms with Crippen molar-refractivity contribution in [3.8, 4) is 0 Å². The number of hydrogen-bond acceptors (Lipinski definition) is 4. The van der Waals surface area contributed by atoms with Crippen LogP contribution >= 0.6 is 0 Å².